The van der Waals surface area contributed by atoms with Crippen molar-refractivity contribution in [2.45, 2.75) is 25.7 Å². The summed E-state index contributed by atoms with van der Waals surface area (Å²) in [4.78, 5) is 23.7. The van der Waals surface area contributed by atoms with Gasteiger partial charge in [-0.2, -0.15) is 0 Å². The van der Waals surface area contributed by atoms with Crippen molar-refractivity contribution in [1.82, 2.24) is 4.90 Å². The van der Waals surface area contributed by atoms with Crippen LogP contribution in [0.3, 0.4) is 0 Å². The molecule has 0 unspecified atom stereocenters. The lowest BCUT2D eigenvalue weighted by atomic mass is 9.93. The van der Waals surface area contributed by atoms with Gasteiger partial charge in [-0.15, -0.1) is 0 Å². The monoisotopic (exact) mass is 180 g/mol. The molecule has 4 nitrogen and oxygen atoms in total. The molecule has 69 valence electrons. The fourth-order valence-electron chi connectivity index (χ4n) is 1.87. The van der Waals surface area contributed by atoms with E-state index in [0.717, 1.165) is 17.7 Å². The van der Waals surface area contributed by atoms with Crippen molar-refractivity contribution in [3.05, 3.63) is 17.9 Å². The molecule has 13 heavy (non-hydrogen) atoms. The van der Waals surface area contributed by atoms with Crippen LogP contribution in [0.25, 0.3) is 0 Å². The highest BCUT2D eigenvalue weighted by atomic mass is 16.3. The fraction of sp³-hybridized carbons (Fsp3) is 0.444. The van der Waals surface area contributed by atoms with Gasteiger partial charge in [-0.05, 0) is 25.7 Å². The zero-order valence-corrected chi connectivity index (χ0v) is 7.12. The van der Waals surface area contributed by atoms with Crippen molar-refractivity contribution >= 4 is 11.8 Å². The fourth-order valence-corrected chi connectivity index (χ4v) is 1.87. The van der Waals surface area contributed by atoms with Crippen molar-refractivity contribution in [3.8, 4) is 0 Å². The van der Waals surface area contributed by atoms with E-state index >= 15 is 0 Å². The lowest BCUT2D eigenvalue weighted by Crippen LogP contribution is -2.28. The average molecular weight is 180 g/mol. The number of aliphatic hydroxyl groups excluding tert-OH is 1. The molecule has 0 aromatic rings. The highest BCUT2D eigenvalue weighted by Gasteiger charge is 2.38. The molecule has 0 saturated heterocycles. The molecule has 2 amide bonds. The summed E-state index contributed by atoms with van der Waals surface area (Å²) in [6.07, 6.45) is 3.25. The van der Waals surface area contributed by atoms with Gasteiger partial charge in [-0.25, -0.2) is 4.90 Å². The SMILES string of the molecule is O=C1C2=C(CCCC2)C(=O)N1[CH]O. The molecule has 0 aromatic carbocycles. The average Bonchev–Trinajstić information content (AvgIpc) is 2.41. The Balaban J connectivity index is 2.35. The molecular weight excluding hydrogens is 170 g/mol. The maximum absolute atomic E-state index is 11.4. The lowest BCUT2D eigenvalue weighted by molar-refractivity contribution is -0.138. The summed E-state index contributed by atoms with van der Waals surface area (Å²) in [5, 5.41) is 8.69. The summed E-state index contributed by atoms with van der Waals surface area (Å²) in [5.41, 5.74) is 1.20. The largest absolute Gasteiger partial charge is 0.369 e. The molecule has 1 aliphatic heterocycles. The van der Waals surface area contributed by atoms with Gasteiger partial charge in [0, 0.05) is 11.1 Å². The molecule has 0 spiro atoms. The highest BCUT2D eigenvalue weighted by Crippen LogP contribution is 2.32. The molecule has 0 bridgehead atoms. The van der Waals surface area contributed by atoms with Gasteiger partial charge in [0.2, 0.25) is 0 Å². The second kappa shape index (κ2) is 2.96. The smallest absolute Gasteiger partial charge is 0.259 e. The van der Waals surface area contributed by atoms with E-state index in [2.05, 4.69) is 0 Å². The van der Waals surface area contributed by atoms with Crippen LogP contribution in [0, 0.1) is 6.73 Å². The van der Waals surface area contributed by atoms with Crippen LogP contribution < -0.4 is 0 Å². The van der Waals surface area contributed by atoms with E-state index in [9.17, 15) is 9.59 Å². The van der Waals surface area contributed by atoms with E-state index in [0.29, 0.717) is 30.7 Å². The van der Waals surface area contributed by atoms with Crippen LogP contribution in [0.1, 0.15) is 25.7 Å². The maximum atomic E-state index is 11.4. The topological polar surface area (TPSA) is 57.6 Å². The van der Waals surface area contributed by atoms with Gasteiger partial charge in [-0.3, -0.25) is 9.59 Å². The highest BCUT2D eigenvalue weighted by molar-refractivity contribution is 6.19. The molecule has 2 aliphatic rings. The first-order chi connectivity index (χ1) is 6.25. The van der Waals surface area contributed by atoms with Gasteiger partial charge in [-0.1, -0.05) is 0 Å². The minimum Gasteiger partial charge on any atom is -0.369 e. The molecule has 0 fully saturated rings. The number of rotatable bonds is 1. The summed E-state index contributed by atoms with van der Waals surface area (Å²) < 4.78 is 0. The van der Waals surface area contributed by atoms with Crippen LogP contribution >= 0.6 is 0 Å². The predicted octanol–water partition coefficient (Wildman–Crippen LogP) is 0.718. The lowest BCUT2D eigenvalue weighted by Gasteiger charge is -2.08. The van der Waals surface area contributed by atoms with Crippen LogP contribution in [0.5, 0.6) is 0 Å². The molecule has 1 aliphatic carbocycles. The van der Waals surface area contributed by atoms with Crippen molar-refractivity contribution < 1.29 is 14.7 Å². The summed E-state index contributed by atoms with van der Waals surface area (Å²) >= 11 is 0. The van der Waals surface area contributed by atoms with Crippen LogP contribution in [-0.4, -0.2) is 21.8 Å². The van der Waals surface area contributed by atoms with E-state index in [1.165, 1.54) is 0 Å². The summed E-state index contributed by atoms with van der Waals surface area (Å²) in [6, 6.07) is 0. The maximum Gasteiger partial charge on any atom is 0.259 e. The van der Waals surface area contributed by atoms with Gasteiger partial charge in [0.25, 0.3) is 11.8 Å². The van der Waals surface area contributed by atoms with Gasteiger partial charge >= 0.3 is 0 Å². The third-order valence-corrected chi connectivity index (χ3v) is 2.54. The Bertz CT molecular complexity index is 278. The third kappa shape index (κ3) is 1.09. The van der Waals surface area contributed by atoms with Gasteiger partial charge < -0.3 is 5.11 Å². The number of imide groups is 1. The number of aliphatic hydroxyl groups is 1. The number of hydrogen-bond acceptors (Lipinski definition) is 3. The van der Waals surface area contributed by atoms with Crippen molar-refractivity contribution in [3.63, 3.8) is 0 Å². The van der Waals surface area contributed by atoms with Crippen molar-refractivity contribution in [1.29, 1.82) is 0 Å². The first-order valence-corrected chi connectivity index (χ1v) is 4.33. The van der Waals surface area contributed by atoms with Crippen LogP contribution in [0.15, 0.2) is 11.1 Å². The Morgan fingerprint density at radius 1 is 1.08 bits per heavy atom. The first-order valence-electron chi connectivity index (χ1n) is 4.33. The number of nitrogens with zero attached hydrogens (tertiary/aromatic N) is 1. The minimum atomic E-state index is -0.345. The molecule has 0 aromatic heterocycles. The Kier molecular flexibility index (Phi) is 1.92. The summed E-state index contributed by atoms with van der Waals surface area (Å²) in [7, 11) is 0. The number of carbonyl (C=O) groups excluding carboxylic acids is 2. The standard InChI is InChI=1S/C9H10NO3/c11-5-10-8(12)6-3-1-2-4-7(6)9(10)13/h5,11H,1-4H2. The molecule has 1 N–H and O–H groups in total. The van der Waals surface area contributed by atoms with Gasteiger partial charge in [0.15, 0.2) is 6.73 Å². The molecule has 4 heteroatoms. The van der Waals surface area contributed by atoms with E-state index in [-0.39, 0.29) is 11.8 Å². The molecule has 1 radical (unpaired) electrons. The quantitative estimate of drug-likeness (QED) is 0.605. The van der Waals surface area contributed by atoms with Crippen molar-refractivity contribution in [2.75, 3.05) is 0 Å². The summed E-state index contributed by atoms with van der Waals surface area (Å²) in [6.45, 7) is 0.559. The second-order valence-corrected chi connectivity index (χ2v) is 3.26. The number of amides is 2. The van der Waals surface area contributed by atoms with Crippen LogP contribution in [-0.2, 0) is 9.59 Å². The molecule has 0 atom stereocenters. The van der Waals surface area contributed by atoms with Crippen molar-refractivity contribution in [2.24, 2.45) is 0 Å². The Labute approximate surface area is 75.8 Å². The zero-order valence-electron chi connectivity index (χ0n) is 7.12. The van der Waals surface area contributed by atoms with E-state index in [1.54, 1.807) is 0 Å². The Morgan fingerprint density at radius 3 is 1.92 bits per heavy atom. The summed E-state index contributed by atoms with van der Waals surface area (Å²) in [5.74, 6) is -0.690. The van der Waals surface area contributed by atoms with E-state index in [1.807, 2.05) is 0 Å². The molecule has 0 saturated carbocycles. The molecular formula is C9H10NO3. The number of carbonyl (C=O) groups is 2. The van der Waals surface area contributed by atoms with Crippen LogP contribution in [0.2, 0.25) is 0 Å². The van der Waals surface area contributed by atoms with E-state index in [4.69, 9.17) is 5.11 Å². The first kappa shape index (κ1) is 8.44. The molecule has 2 rings (SSSR count). The van der Waals surface area contributed by atoms with Gasteiger partial charge in [0.05, 0.1) is 0 Å². The molecule has 1 heterocycles. The van der Waals surface area contributed by atoms with Gasteiger partial charge in [0.1, 0.15) is 0 Å². The zero-order chi connectivity index (χ0) is 9.42. The number of hydrogen-bond donors (Lipinski definition) is 1. The third-order valence-electron chi connectivity index (χ3n) is 2.54. The minimum absolute atomic E-state index is 0.345. The second-order valence-electron chi connectivity index (χ2n) is 3.26. The normalized spacial score (nSPS) is 22.7. The predicted molar refractivity (Wildman–Crippen MR) is 43.6 cm³/mol. The Hall–Kier alpha value is -1.16. The van der Waals surface area contributed by atoms with Crippen LogP contribution in [0.4, 0.5) is 0 Å². The Morgan fingerprint density at radius 2 is 1.54 bits per heavy atom. The van der Waals surface area contributed by atoms with E-state index < -0.39 is 0 Å².